The second-order valence-corrected chi connectivity index (χ2v) is 5.76. The van der Waals surface area contributed by atoms with E-state index in [9.17, 15) is 9.59 Å². The Morgan fingerprint density at radius 2 is 1.31 bits per heavy atom. The molecule has 0 unspecified atom stereocenters. The fraction of sp³-hybridized carbons (Fsp3) is 0.300. The van der Waals surface area contributed by atoms with Gasteiger partial charge < -0.3 is 9.64 Å². The first-order chi connectivity index (χ1) is 12.6. The number of nitrogens with zero attached hydrogens (tertiary/aromatic N) is 1. The zero-order valence-electron chi connectivity index (χ0n) is 15.4. The fourth-order valence-electron chi connectivity index (χ4n) is 2.59. The van der Waals surface area contributed by atoms with E-state index in [0.717, 1.165) is 24.3 Å². The molecule has 0 atom stereocenters. The quantitative estimate of drug-likeness (QED) is 0.749. The van der Waals surface area contributed by atoms with E-state index in [2.05, 4.69) is 29.6 Å². The molecule has 0 heterocycles. The highest BCUT2D eigenvalue weighted by atomic mass is 16.5. The first-order valence-corrected chi connectivity index (χ1v) is 8.62. The van der Waals surface area contributed by atoms with Gasteiger partial charge in [0.2, 0.25) is 0 Å². The van der Waals surface area contributed by atoms with Crippen LogP contribution in [0.25, 0.3) is 0 Å². The van der Waals surface area contributed by atoms with Crippen molar-refractivity contribution in [2.75, 3.05) is 25.1 Å². The number of ether oxygens (including phenoxy) is 1. The second kappa shape index (κ2) is 9.58. The number of methoxy groups -OCH3 is 1. The van der Waals surface area contributed by atoms with Crippen molar-refractivity contribution in [3.63, 3.8) is 0 Å². The Morgan fingerprint density at radius 1 is 0.846 bits per heavy atom. The predicted octanol–water partition coefficient (Wildman–Crippen LogP) is 2.75. The normalized spacial score (nSPS) is 10.3. The molecule has 0 saturated heterocycles. The maximum Gasteiger partial charge on any atom is 0.269 e. The largest absolute Gasteiger partial charge is 0.380 e. The van der Waals surface area contributed by atoms with Crippen LogP contribution in [0, 0.1) is 0 Å². The summed E-state index contributed by atoms with van der Waals surface area (Å²) in [5, 5.41) is 0. The molecule has 0 spiro atoms. The SMILES string of the molecule is CCN(CC)c1ccc(C(=O)NNC(=O)c2ccc(COC)cc2)cc1. The number of hydrazine groups is 1. The summed E-state index contributed by atoms with van der Waals surface area (Å²) < 4.78 is 5.03. The Labute approximate surface area is 154 Å². The average molecular weight is 355 g/mol. The van der Waals surface area contributed by atoms with Crippen LogP contribution in [0.15, 0.2) is 48.5 Å². The van der Waals surface area contributed by atoms with Gasteiger partial charge in [-0.25, -0.2) is 0 Å². The Kier molecular flexibility index (Phi) is 7.17. The van der Waals surface area contributed by atoms with Gasteiger partial charge >= 0.3 is 0 Å². The number of hydrogen-bond donors (Lipinski definition) is 2. The number of carbonyl (C=O) groups excluding carboxylic acids is 2. The van der Waals surface area contributed by atoms with Crippen molar-refractivity contribution in [1.29, 1.82) is 0 Å². The summed E-state index contributed by atoms with van der Waals surface area (Å²) in [4.78, 5) is 26.5. The predicted molar refractivity (Wildman–Crippen MR) is 102 cm³/mol. The Hall–Kier alpha value is -2.86. The van der Waals surface area contributed by atoms with Crippen LogP contribution in [0.5, 0.6) is 0 Å². The van der Waals surface area contributed by atoms with Crippen molar-refractivity contribution in [1.82, 2.24) is 10.9 Å². The zero-order chi connectivity index (χ0) is 18.9. The smallest absolute Gasteiger partial charge is 0.269 e. The molecule has 138 valence electrons. The minimum atomic E-state index is -0.373. The molecule has 0 fully saturated rings. The van der Waals surface area contributed by atoms with Gasteiger partial charge in [-0.1, -0.05) is 12.1 Å². The van der Waals surface area contributed by atoms with Gasteiger partial charge in [-0.05, 0) is 55.8 Å². The van der Waals surface area contributed by atoms with Crippen molar-refractivity contribution in [2.24, 2.45) is 0 Å². The lowest BCUT2D eigenvalue weighted by molar-refractivity contribution is 0.0846. The van der Waals surface area contributed by atoms with E-state index in [1.54, 1.807) is 31.4 Å². The number of rotatable bonds is 7. The van der Waals surface area contributed by atoms with E-state index < -0.39 is 0 Å². The molecule has 0 aliphatic rings. The third kappa shape index (κ3) is 5.07. The van der Waals surface area contributed by atoms with E-state index in [0.29, 0.717) is 17.7 Å². The van der Waals surface area contributed by atoms with E-state index in [1.807, 2.05) is 24.3 Å². The second-order valence-electron chi connectivity index (χ2n) is 5.76. The summed E-state index contributed by atoms with van der Waals surface area (Å²) in [6.07, 6.45) is 0. The average Bonchev–Trinajstić information content (AvgIpc) is 2.68. The molecular formula is C20H25N3O3. The zero-order valence-corrected chi connectivity index (χ0v) is 15.4. The highest BCUT2D eigenvalue weighted by molar-refractivity contribution is 5.99. The van der Waals surface area contributed by atoms with Crippen molar-refractivity contribution in [3.05, 3.63) is 65.2 Å². The third-order valence-corrected chi connectivity index (χ3v) is 4.07. The van der Waals surface area contributed by atoms with Crippen LogP contribution < -0.4 is 15.8 Å². The summed E-state index contributed by atoms with van der Waals surface area (Å²) in [7, 11) is 1.62. The number of amides is 2. The van der Waals surface area contributed by atoms with E-state index >= 15 is 0 Å². The molecule has 0 saturated carbocycles. The summed E-state index contributed by atoms with van der Waals surface area (Å²) in [5.41, 5.74) is 7.84. The van der Waals surface area contributed by atoms with Crippen molar-refractivity contribution < 1.29 is 14.3 Å². The topological polar surface area (TPSA) is 70.7 Å². The molecule has 2 rings (SSSR count). The number of anilines is 1. The first kappa shape index (κ1) is 19.5. The van der Waals surface area contributed by atoms with E-state index in [1.165, 1.54) is 0 Å². The van der Waals surface area contributed by atoms with Crippen LogP contribution in [-0.2, 0) is 11.3 Å². The standard InChI is InChI=1S/C20H25N3O3/c1-4-23(5-2)18-12-10-17(11-13-18)20(25)22-21-19(24)16-8-6-15(7-9-16)14-26-3/h6-13H,4-5,14H2,1-3H3,(H,21,24)(H,22,25). The van der Waals surface area contributed by atoms with Crippen LogP contribution in [0.2, 0.25) is 0 Å². The maximum absolute atomic E-state index is 12.2. The molecule has 2 amide bonds. The van der Waals surface area contributed by atoms with Gasteiger partial charge in [0.15, 0.2) is 0 Å². The van der Waals surface area contributed by atoms with E-state index in [4.69, 9.17) is 4.74 Å². The minimum absolute atomic E-state index is 0.361. The summed E-state index contributed by atoms with van der Waals surface area (Å²) in [6, 6.07) is 14.3. The van der Waals surface area contributed by atoms with Crippen LogP contribution >= 0.6 is 0 Å². The summed E-state index contributed by atoms with van der Waals surface area (Å²) in [6.45, 7) is 6.47. The van der Waals surface area contributed by atoms with Crippen LogP contribution in [-0.4, -0.2) is 32.0 Å². The molecule has 6 nitrogen and oxygen atoms in total. The van der Waals surface area contributed by atoms with E-state index in [-0.39, 0.29) is 11.8 Å². The molecule has 26 heavy (non-hydrogen) atoms. The highest BCUT2D eigenvalue weighted by Crippen LogP contribution is 2.14. The molecule has 0 bridgehead atoms. The Bertz CT molecular complexity index is 723. The van der Waals surface area contributed by atoms with Gasteiger partial charge in [-0.2, -0.15) is 0 Å². The van der Waals surface area contributed by atoms with Crippen molar-refractivity contribution in [3.8, 4) is 0 Å². The number of carbonyl (C=O) groups is 2. The lowest BCUT2D eigenvalue weighted by Crippen LogP contribution is -2.41. The third-order valence-electron chi connectivity index (χ3n) is 4.07. The Morgan fingerprint density at radius 3 is 1.73 bits per heavy atom. The molecule has 0 aliphatic heterocycles. The highest BCUT2D eigenvalue weighted by Gasteiger charge is 2.10. The number of nitrogens with one attached hydrogen (secondary N) is 2. The molecule has 0 aromatic heterocycles. The Balaban J connectivity index is 1.92. The van der Waals surface area contributed by atoms with Crippen molar-refractivity contribution >= 4 is 17.5 Å². The van der Waals surface area contributed by atoms with Gasteiger partial charge in [0.25, 0.3) is 11.8 Å². The monoisotopic (exact) mass is 355 g/mol. The van der Waals surface area contributed by atoms with Gasteiger partial charge in [0, 0.05) is 37.0 Å². The molecule has 0 aliphatic carbocycles. The first-order valence-electron chi connectivity index (χ1n) is 8.62. The van der Waals surface area contributed by atoms with Crippen LogP contribution in [0.1, 0.15) is 40.1 Å². The lowest BCUT2D eigenvalue weighted by atomic mass is 10.1. The van der Waals surface area contributed by atoms with Gasteiger partial charge in [0.1, 0.15) is 0 Å². The maximum atomic E-state index is 12.2. The summed E-state index contributed by atoms with van der Waals surface area (Å²) >= 11 is 0. The fourth-order valence-corrected chi connectivity index (χ4v) is 2.59. The molecule has 2 aromatic rings. The minimum Gasteiger partial charge on any atom is -0.380 e. The lowest BCUT2D eigenvalue weighted by Gasteiger charge is -2.21. The number of benzene rings is 2. The molecule has 2 N–H and O–H groups in total. The van der Waals surface area contributed by atoms with Gasteiger partial charge in [-0.15, -0.1) is 0 Å². The number of hydrogen-bond acceptors (Lipinski definition) is 4. The molecule has 6 heteroatoms. The summed E-state index contributed by atoms with van der Waals surface area (Å²) in [5.74, 6) is -0.734. The van der Waals surface area contributed by atoms with Crippen LogP contribution in [0.3, 0.4) is 0 Å². The van der Waals surface area contributed by atoms with Gasteiger partial charge in [0.05, 0.1) is 6.61 Å². The molecule has 0 radical (unpaired) electrons. The molecular weight excluding hydrogens is 330 g/mol. The van der Waals surface area contributed by atoms with Gasteiger partial charge in [-0.3, -0.25) is 20.4 Å². The van der Waals surface area contributed by atoms with Crippen LogP contribution in [0.4, 0.5) is 5.69 Å². The van der Waals surface area contributed by atoms with Crippen molar-refractivity contribution in [2.45, 2.75) is 20.5 Å². The molecule has 2 aromatic carbocycles.